The predicted octanol–water partition coefficient (Wildman–Crippen LogP) is 2.53. The second-order valence-electron chi connectivity index (χ2n) is 5.92. The van der Waals surface area contributed by atoms with E-state index in [1.165, 1.54) is 16.7 Å². The van der Waals surface area contributed by atoms with Gasteiger partial charge in [0.2, 0.25) is 0 Å². The van der Waals surface area contributed by atoms with Crippen molar-refractivity contribution in [3.05, 3.63) is 35.4 Å². The van der Waals surface area contributed by atoms with E-state index in [0.29, 0.717) is 12.1 Å². The number of benzene rings is 1. The lowest BCUT2D eigenvalue weighted by atomic mass is 9.80. The van der Waals surface area contributed by atoms with Gasteiger partial charge < -0.3 is 9.47 Å². The van der Waals surface area contributed by atoms with Crippen LogP contribution >= 0.6 is 0 Å². The van der Waals surface area contributed by atoms with Gasteiger partial charge in [0.15, 0.2) is 0 Å². The summed E-state index contributed by atoms with van der Waals surface area (Å²) in [5, 5.41) is 0. The quantitative estimate of drug-likeness (QED) is 0.826. The fourth-order valence-corrected chi connectivity index (χ4v) is 3.52. The molecule has 1 aliphatic heterocycles. The SMILES string of the molecule is C=C(C)c1ccc(OC)c2c1C[C@H]1OCCN(C)[C@@H]1C2. The number of nitrogens with zero attached hydrogens (tertiary/aromatic N) is 1. The first-order valence-corrected chi connectivity index (χ1v) is 7.28. The second kappa shape index (κ2) is 5.23. The van der Waals surface area contributed by atoms with E-state index in [2.05, 4.69) is 37.6 Å². The Labute approximate surface area is 121 Å². The highest BCUT2D eigenvalue weighted by molar-refractivity contribution is 5.68. The molecule has 0 saturated carbocycles. The largest absolute Gasteiger partial charge is 0.496 e. The summed E-state index contributed by atoms with van der Waals surface area (Å²) in [6.45, 7) is 8.03. The number of ether oxygens (including phenoxy) is 2. The molecule has 1 heterocycles. The van der Waals surface area contributed by atoms with Gasteiger partial charge in [0.25, 0.3) is 0 Å². The van der Waals surface area contributed by atoms with Crippen LogP contribution in [-0.4, -0.2) is 44.4 Å². The van der Waals surface area contributed by atoms with Gasteiger partial charge in [-0.1, -0.05) is 18.2 Å². The maximum atomic E-state index is 6.01. The molecule has 0 bridgehead atoms. The first-order chi connectivity index (χ1) is 9.61. The van der Waals surface area contributed by atoms with Gasteiger partial charge in [-0.3, -0.25) is 4.90 Å². The average molecular weight is 273 g/mol. The molecular formula is C17H23NO2. The van der Waals surface area contributed by atoms with Crippen molar-refractivity contribution in [2.75, 3.05) is 27.3 Å². The van der Waals surface area contributed by atoms with E-state index in [0.717, 1.165) is 37.3 Å². The van der Waals surface area contributed by atoms with Crippen LogP contribution in [0.5, 0.6) is 5.75 Å². The number of allylic oxidation sites excluding steroid dienone is 1. The Morgan fingerprint density at radius 3 is 2.85 bits per heavy atom. The molecule has 1 aliphatic carbocycles. The third-order valence-electron chi connectivity index (χ3n) is 4.66. The fourth-order valence-electron chi connectivity index (χ4n) is 3.52. The van der Waals surface area contributed by atoms with Gasteiger partial charge in [-0.15, -0.1) is 0 Å². The van der Waals surface area contributed by atoms with E-state index in [1.807, 2.05) is 0 Å². The molecule has 2 atom stereocenters. The molecule has 2 aliphatic rings. The maximum absolute atomic E-state index is 6.01. The van der Waals surface area contributed by atoms with Gasteiger partial charge in [-0.2, -0.15) is 0 Å². The fraction of sp³-hybridized carbons (Fsp3) is 0.529. The molecule has 0 N–H and O–H groups in total. The molecule has 1 saturated heterocycles. The van der Waals surface area contributed by atoms with Gasteiger partial charge in [0.1, 0.15) is 5.75 Å². The van der Waals surface area contributed by atoms with Gasteiger partial charge in [-0.25, -0.2) is 0 Å². The van der Waals surface area contributed by atoms with Crippen LogP contribution in [0.4, 0.5) is 0 Å². The lowest BCUT2D eigenvalue weighted by Gasteiger charge is -2.43. The Morgan fingerprint density at radius 1 is 1.35 bits per heavy atom. The van der Waals surface area contributed by atoms with Crippen molar-refractivity contribution in [3.8, 4) is 5.75 Å². The summed E-state index contributed by atoms with van der Waals surface area (Å²) in [5.41, 5.74) is 5.09. The van der Waals surface area contributed by atoms with Crippen LogP contribution in [0, 0.1) is 0 Å². The molecule has 1 aromatic carbocycles. The van der Waals surface area contributed by atoms with E-state index in [-0.39, 0.29) is 0 Å². The summed E-state index contributed by atoms with van der Waals surface area (Å²) >= 11 is 0. The minimum absolute atomic E-state index is 0.298. The highest BCUT2D eigenvalue weighted by Crippen LogP contribution is 2.37. The summed E-state index contributed by atoms with van der Waals surface area (Å²) in [4.78, 5) is 2.42. The lowest BCUT2D eigenvalue weighted by molar-refractivity contribution is -0.0646. The normalized spacial score (nSPS) is 25.8. The standard InChI is InChI=1S/C17H23NO2/c1-11(2)12-5-6-16(19-4)14-9-15-17(10-13(12)14)20-8-7-18(15)3/h5-6,15,17H,1,7-10H2,2-4H3/t15-,17-/m1/s1. The van der Waals surface area contributed by atoms with Crippen molar-refractivity contribution in [3.63, 3.8) is 0 Å². The van der Waals surface area contributed by atoms with Crippen LogP contribution in [-0.2, 0) is 17.6 Å². The lowest BCUT2D eigenvalue weighted by Crippen LogP contribution is -2.53. The van der Waals surface area contributed by atoms with Gasteiger partial charge >= 0.3 is 0 Å². The van der Waals surface area contributed by atoms with Crippen molar-refractivity contribution in [2.24, 2.45) is 0 Å². The Kier molecular flexibility index (Phi) is 3.57. The predicted molar refractivity (Wildman–Crippen MR) is 81.3 cm³/mol. The number of hydrogen-bond acceptors (Lipinski definition) is 3. The minimum atomic E-state index is 0.298. The van der Waals surface area contributed by atoms with Crippen molar-refractivity contribution in [2.45, 2.75) is 31.9 Å². The van der Waals surface area contributed by atoms with E-state index in [1.54, 1.807) is 7.11 Å². The molecule has 3 rings (SSSR count). The van der Waals surface area contributed by atoms with Crippen LogP contribution in [0.3, 0.4) is 0 Å². The van der Waals surface area contributed by atoms with Crippen molar-refractivity contribution in [1.82, 2.24) is 4.90 Å². The zero-order valence-electron chi connectivity index (χ0n) is 12.6. The highest BCUT2D eigenvalue weighted by Gasteiger charge is 2.36. The van der Waals surface area contributed by atoms with Crippen molar-refractivity contribution in [1.29, 1.82) is 0 Å². The zero-order chi connectivity index (χ0) is 14.3. The monoisotopic (exact) mass is 273 g/mol. The molecule has 20 heavy (non-hydrogen) atoms. The Balaban J connectivity index is 2.07. The third-order valence-corrected chi connectivity index (χ3v) is 4.66. The molecule has 0 aromatic heterocycles. The summed E-state index contributed by atoms with van der Waals surface area (Å²) in [7, 11) is 3.95. The third kappa shape index (κ3) is 2.15. The van der Waals surface area contributed by atoms with Crippen LogP contribution in [0.25, 0.3) is 5.57 Å². The van der Waals surface area contributed by atoms with Gasteiger partial charge in [-0.05, 0) is 43.1 Å². The molecule has 3 nitrogen and oxygen atoms in total. The van der Waals surface area contributed by atoms with E-state index in [4.69, 9.17) is 9.47 Å². The summed E-state index contributed by atoms with van der Waals surface area (Å²) in [5.74, 6) is 1.00. The topological polar surface area (TPSA) is 21.7 Å². The first kappa shape index (κ1) is 13.7. The van der Waals surface area contributed by atoms with Gasteiger partial charge in [0.05, 0.1) is 19.8 Å². The highest BCUT2D eigenvalue weighted by atomic mass is 16.5. The maximum Gasteiger partial charge on any atom is 0.122 e. The molecule has 0 amide bonds. The van der Waals surface area contributed by atoms with E-state index >= 15 is 0 Å². The molecule has 108 valence electrons. The Morgan fingerprint density at radius 2 is 2.15 bits per heavy atom. The number of rotatable bonds is 2. The molecular weight excluding hydrogens is 250 g/mol. The number of methoxy groups -OCH3 is 1. The molecule has 0 unspecified atom stereocenters. The van der Waals surface area contributed by atoms with Crippen LogP contribution in [0.15, 0.2) is 18.7 Å². The Hall–Kier alpha value is -1.32. The molecule has 1 aromatic rings. The molecule has 3 heteroatoms. The van der Waals surface area contributed by atoms with Crippen molar-refractivity contribution < 1.29 is 9.47 Å². The van der Waals surface area contributed by atoms with E-state index in [9.17, 15) is 0 Å². The summed E-state index contributed by atoms with van der Waals surface area (Å²) < 4.78 is 11.6. The number of hydrogen-bond donors (Lipinski definition) is 0. The number of likely N-dealkylation sites (N-methyl/N-ethyl adjacent to an activating group) is 1. The smallest absolute Gasteiger partial charge is 0.122 e. The number of morpholine rings is 1. The second-order valence-corrected chi connectivity index (χ2v) is 5.92. The van der Waals surface area contributed by atoms with Crippen molar-refractivity contribution >= 4 is 5.57 Å². The molecule has 0 spiro atoms. The minimum Gasteiger partial charge on any atom is -0.496 e. The number of fused-ring (bicyclic) bond motifs is 2. The zero-order valence-corrected chi connectivity index (χ0v) is 12.6. The molecule has 1 fully saturated rings. The summed E-state index contributed by atoms with van der Waals surface area (Å²) in [6, 6.07) is 4.67. The Bertz CT molecular complexity index is 538. The first-order valence-electron chi connectivity index (χ1n) is 7.28. The van der Waals surface area contributed by atoms with Crippen LogP contribution < -0.4 is 4.74 Å². The molecule has 0 radical (unpaired) electrons. The van der Waals surface area contributed by atoms with Crippen LogP contribution in [0.2, 0.25) is 0 Å². The van der Waals surface area contributed by atoms with Gasteiger partial charge in [0, 0.05) is 19.0 Å². The summed E-state index contributed by atoms with van der Waals surface area (Å²) in [6.07, 6.45) is 2.26. The van der Waals surface area contributed by atoms with Crippen LogP contribution in [0.1, 0.15) is 23.6 Å². The van der Waals surface area contributed by atoms with E-state index < -0.39 is 0 Å². The average Bonchev–Trinajstić information content (AvgIpc) is 2.44.